The molecule has 1 aliphatic rings. The third kappa shape index (κ3) is 3.61. The molecule has 0 spiro atoms. The first kappa shape index (κ1) is 17.3. The van der Waals surface area contributed by atoms with Gasteiger partial charge in [0.1, 0.15) is 5.54 Å². The number of thioether (sulfide) groups is 1. The van der Waals surface area contributed by atoms with Crippen LogP contribution in [0.15, 0.2) is 17.4 Å². The van der Waals surface area contributed by atoms with Crippen molar-refractivity contribution in [2.45, 2.75) is 42.8 Å². The molecule has 0 saturated heterocycles. The fourth-order valence-corrected chi connectivity index (χ4v) is 4.07. The molecule has 6 nitrogen and oxygen atoms in total. The number of nitrogens with one attached hydrogen (secondary N) is 1. The zero-order valence-electron chi connectivity index (χ0n) is 12.8. The predicted octanol–water partition coefficient (Wildman–Crippen LogP) is 3.47. The lowest BCUT2D eigenvalue weighted by molar-refractivity contribution is -0.120. The molecule has 0 radical (unpaired) electrons. The fourth-order valence-electron chi connectivity index (χ4n) is 2.85. The maximum atomic E-state index is 12.2. The number of nitriles is 1. The molecule has 2 heterocycles. The molecule has 0 aliphatic heterocycles. The van der Waals surface area contributed by atoms with Crippen LogP contribution in [0.25, 0.3) is 5.65 Å². The van der Waals surface area contributed by atoms with Gasteiger partial charge in [0, 0.05) is 6.20 Å². The summed E-state index contributed by atoms with van der Waals surface area (Å²) in [5, 5.41) is 21.7. The molecule has 1 aliphatic carbocycles. The normalized spacial score (nSPS) is 16.7. The number of pyridine rings is 1. The van der Waals surface area contributed by atoms with Crippen LogP contribution in [0.3, 0.4) is 0 Å². The van der Waals surface area contributed by atoms with E-state index in [4.69, 9.17) is 23.2 Å². The monoisotopic (exact) mass is 383 g/mol. The first-order valence-electron chi connectivity index (χ1n) is 7.58. The minimum atomic E-state index is -0.727. The van der Waals surface area contributed by atoms with Crippen LogP contribution in [0.1, 0.15) is 32.1 Å². The summed E-state index contributed by atoms with van der Waals surface area (Å²) in [5.41, 5.74) is -0.236. The quantitative estimate of drug-likeness (QED) is 0.817. The second kappa shape index (κ2) is 7.18. The van der Waals surface area contributed by atoms with E-state index in [1.54, 1.807) is 16.7 Å². The average molecular weight is 384 g/mol. The highest BCUT2D eigenvalue weighted by Crippen LogP contribution is 2.28. The number of fused-ring (bicyclic) bond motifs is 1. The van der Waals surface area contributed by atoms with Gasteiger partial charge in [-0.25, -0.2) is 0 Å². The van der Waals surface area contributed by atoms with E-state index in [9.17, 15) is 10.1 Å². The molecule has 126 valence electrons. The topological polar surface area (TPSA) is 83.1 Å². The molecule has 0 aromatic carbocycles. The molecule has 1 fully saturated rings. The van der Waals surface area contributed by atoms with Crippen molar-refractivity contribution in [2.75, 3.05) is 5.75 Å². The third-order valence-corrected chi connectivity index (χ3v) is 5.46. The summed E-state index contributed by atoms with van der Waals surface area (Å²) in [5.74, 6) is -0.0396. The Bertz CT molecular complexity index is 810. The van der Waals surface area contributed by atoms with E-state index in [1.807, 2.05) is 0 Å². The van der Waals surface area contributed by atoms with Crippen molar-refractivity contribution in [1.82, 2.24) is 19.9 Å². The Kier molecular flexibility index (Phi) is 5.18. The summed E-state index contributed by atoms with van der Waals surface area (Å²) in [6.07, 6.45) is 6.11. The van der Waals surface area contributed by atoms with E-state index in [-0.39, 0.29) is 11.7 Å². The number of nitrogens with zero attached hydrogens (tertiary/aromatic N) is 4. The van der Waals surface area contributed by atoms with Gasteiger partial charge in [-0.15, -0.1) is 10.2 Å². The van der Waals surface area contributed by atoms with Gasteiger partial charge < -0.3 is 5.32 Å². The van der Waals surface area contributed by atoms with Gasteiger partial charge in [-0.3, -0.25) is 9.20 Å². The molecule has 9 heteroatoms. The van der Waals surface area contributed by atoms with Crippen LogP contribution in [-0.4, -0.2) is 31.8 Å². The smallest absolute Gasteiger partial charge is 0.231 e. The fraction of sp³-hybridized carbons (Fsp3) is 0.467. The van der Waals surface area contributed by atoms with E-state index < -0.39 is 5.54 Å². The van der Waals surface area contributed by atoms with E-state index in [2.05, 4.69) is 21.6 Å². The summed E-state index contributed by atoms with van der Waals surface area (Å²) in [7, 11) is 0. The van der Waals surface area contributed by atoms with Crippen LogP contribution < -0.4 is 5.32 Å². The molecule has 24 heavy (non-hydrogen) atoms. The Balaban J connectivity index is 1.67. The van der Waals surface area contributed by atoms with Gasteiger partial charge >= 0.3 is 0 Å². The number of rotatable bonds is 4. The first-order valence-corrected chi connectivity index (χ1v) is 9.32. The molecular weight excluding hydrogens is 369 g/mol. The summed E-state index contributed by atoms with van der Waals surface area (Å²) < 4.78 is 1.66. The predicted molar refractivity (Wildman–Crippen MR) is 93.3 cm³/mol. The van der Waals surface area contributed by atoms with Crippen LogP contribution in [0.4, 0.5) is 0 Å². The average Bonchev–Trinajstić information content (AvgIpc) is 2.97. The number of hydrogen-bond donors (Lipinski definition) is 1. The molecule has 0 atom stereocenters. The summed E-state index contributed by atoms with van der Waals surface area (Å²) >= 11 is 13.3. The standard InChI is InChI=1S/C15H15Cl2N5OS/c16-10-6-11(17)13-20-21-14(22(13)7-10)24-8-12(23)19-15(9-18)4-2-1-3-5-15/h6-7H,1-5,8H2,(H,19,23). The van der Waals surface area contributed by atoms with Gasteiger partial charge in [-0.2, -0.15) is 5.26 Å². The van der Waals surface area contributed by atoms with E-state index in [1.165, 1.54) is 11.8 Å². The van der Waals surface area contributed by atoms with Crippen molar-refractivity contribution in [3.05, 3.63) is 22.3 Å². The highest BCUT2D eigenvalue weighted by atomic mass is 35.5. The number of carbonyl (C=O) groups excluding carboxylic acids is 1. The van der Waals surface area contributed by atoms with E-state index >= 15 is 0 Å². The molecule has 0 unspecified atom stereocenters. The lowest BCUT2D eigenvalue weighted by Crippen LogP contribution is -2.49. The number of carbonyl (C=O) groups is 1. The molecule has 1 saturated carbocycles. The van der Waals surface area contributed by atoms with Crippen molar-refractivity contribution < 1.29 is 4.79 Å². The van der Waals surface area contributed by atoms with Crippen LogP contribution >= 0.6 is 35.0 Å². The van der Waals surface area contributed by atoms with E-state index in [0.717, 1.165) is 19.3 Å². The number of amides is 1. The van der Waals surface area contributed by atoms with Crippen molar-refractivity contribution in [2.24, 2.45) is 0 Å². The van der Waals surface area contributed by atoms with E-state index in [0.29, 0.717) is 33.7 Å². The van der Waals surface area contributed by atoms with Crippen molar-refractivity contribution >= 4 is 46.5 Å². The number of aromatic nitrogens is 3. The lowest BCUT2D eigenvalue weighted by Gasteiger charge is -2.31. The summed E-state index contributed by atoms with van der Waals surface area (Å²) in [4.78, 5) is 12.2. The maximum Gasteiger partial charge on any atom is 0.231 e. The number of halogens is 2. The summed E-state index contributed by atoms with van der Waals surface area (Å²) in [6.45, 7) is 0. The van der Waals surface area contributed by atoms with Gasteiger partial charge in [0.2, 0.25) is 5.91 Å². The molecule has 0 bridgehead atoms. The molecule has 2 aromatic rings. The van der Waals surface area contributed by atoms with Crippen LogP contribution in [0.5, 0.6) is 0 Å². The van der Waals surface area contributed by atoms with Gasteiger partial charge in [0.25, 0.3) is 0 Å². The highest BCUT2D eigenvalue weighted by Gasteiger charge is 2.33. The second-order valence-electron chi connectivity index (χ2n) is 5.77. The largest absolute Gasteiger partial charge is 0.337 e. The zero-order chi connectivity index (χ0) is 17.2. The van der Waals surface area contributed by atoms with Crippen LogP contribution in [-0.2, 0) is 4.79 Å². The van der Waals surface area contributed by atoms with Gasteiger partial charge in [-0.05, 0) is 18.9 Å². The molecule has 1 amide bonds. The Morgan fingerprint density at radius 3 is 2.83 bits per heavy atom. The van der Waals surface area contributed by atoms with Gasteiger partial charge in [0.15, 0.2) is 10.8 Å². The molecule has 3 rings (SSSR count). The molecule has 2 aromatic heterocycles. The molecular formula is C15H15Cl2N5OS. The Hall–Kier alpha value is -1.49. The number of hydrogen-bond acceptors (Lipinski definition) is 5. The lowest BCUT2D eigenvalue weighted by atomic mass is 9.83. The minimum absolute atomic E-state index is 0.147. The zero-order valence-corrected chi connectivity index (χ0v) is 15.1. The Morgan fingerprint density at radius 2 is 2.12 bits per heavy atom. The van der Waals surface area contributed by atoms with Crippen molar-refractivity contribution in [3.8, 4) is 6.07 Å². The van der Waals surface area contributed by atoms with Crippen LogP contribution in [0, 0.1) is 11.3 Å². The third-order valence-electron chi connectivity index (χ3n) is 4.03. The van der Waals surface area contributed by atoms with Crippen LogP contribution in [0.2, 0.25) is 10.0 Å². The SMILES string of the molecule is N#CC1(NC(=O)CSc2nnc3c(Cl)cc(Cl)cn23)CCCCC1. The second-order valence-corrected chi connectivity index (χ2v) is 7.56. The summed E-state index contributed by atoms with van der Waals surface area (Å²) in [6, 6.07) is 3.87. The van der Waals surface area contributed by atoms with Crippen molar-refractivity contribution in [3.63, 3.8) is 0 Å². The van der Waals surface area contributed by atoms with Gasteiger partial charge in [-0.1, -0.05) is 54.2 Å². The van der Waals surface area contributed by atoms with Gasteiger partial charge in [0.05, 0.1) is 21.9 Å². The highest BCUT2D eigenvalue weighted by molar-refractivity contribution is 7.99. The maximum absolute atomic E-state index is 12.2. The minimum Gasteiger partial charge on any atom is -0.337 e. The first-order chi connectivity index (χ1) is 11.5. The van der Waals surface area contributed by atoms with Crippen molar-refractivity contribution in [1.29, 1.82) is 5.26 Å². The Morgan fingerprint density at radius 1 is 1.38 bits per heavy atom. The molecule has 1 N–H and O–H groups in total. The Labute approximate surface area is 153 Å².